The Morgan fingerprint density at radius 3 is 2.52 bits per heavy atom. The van der Waals surface area contributed by atoms with Gasteiger partial charge < -0.3 is 14.8 Å². The second-order valence-electron chi connectivity index (χ2n) is 5.36. The topological polar surface area (TPSA) is 108 Å². The second-order valence-corrected chi connectivity index (χ2v) is 7.29. The highest BCUT2D eigenvalue weighted by atomic mass is 35.5. The van der Waals surface area contributed by atoms with E-state index in [2.05, 4.69) is 5.32 Å². The molecule has 1 aliphatic rings. The number of primary sulfonamides is 1. The van der Waals surface area contributed by atoms with Gasteiger partial charge in [-0.2, -0.15) is 0 Å². The Hall–Kier alpha value is -2.29. The number of halogens is 1. The van der Waals surface area contributed by atoms with Crippen LogP contribution in [0.5, 0.6) is 11.5 Å². The van der Waals surface area contributed by atoms with Crippen molar-refractivity contribution in [2.24, 2.45) is 5.14 Å². The lowest BCUT2D eigenvalue weighted by Gasteiger charge is -2.11. The number of sulfonamides is 1. The molecular weight excluding hydrogens is 368 g/mol. The van der Waals surface area contributed by atoms with Gasteiger partial charge in [0.1, 0.15) is 4.90 Å². The average molecular weight is 383 g/mol. The third kappa shape index (κ3) is 4.04. The standard InChI is InChI=1S/C16H15ClN2O5S/c17-12-4-2-10(8-15(12)25(18,21)22)16(20)19-11-3-5-13-14(9-11)24-7-1-6-23-13/h2-5,8-9H,1,6-7H2,(H,19,20)(H2,18,21,22). The van der Waals surface area contributed by atoms with Gasteiger partial charge in [0.05, 0.1) is 18.2 Å². The Morgan fingerprint density at radius 1 is 1.08 bits per heavy atom. The smallest absolute Gasteiger partial charge is 0.255 e. The maximum absolute atomic E-state index is 12.4. The van der Waals surface area contributed by atoms with E-state index in [-0.39, 0.29) is 15.5 Å². The Morgan fingerprint density at radius 2 is 1.80 bits per heavy atom. The van der Waals surface area contributed by atoms with E-state index in [1.54, 1.807) is 18.2 Å². The number of fused-ring (bicyclic) bond motifs is 1. The van der Waals surface area contributed by atoms with Crippen molar-refractivity contribution in [1.82, 2.24) is 0 Å². The molecule has 25 heavy (non-hydrogen) atoms. The minimum atomic E-state index is -4.03. The van der Waals surface area contributed by atoms with Crippen LogP contribution < -0.4 is 19.9 Å². The van der Waals surface area contributed by atoms with E-state index < -0.39 is 15.9 Å². The monoisotopic (exact) mass is 382 g/mol. The predicted molar refractivity (Wildman–Crippen MR) is 92.8 cm³/mol. The summed E-state index contributed by atoms with van der Waals surface area (Å²) in [6.07, 6.45) is 0.775. The van der Waals surface area contributed by atoms with Crippen LogP contribution in [0, 0.1) is 0 Å². The molecule has 0 saturated carbocycles. The number of hydrogen-bond acceptors (Lipinski definition) is 5. The normalized spacial score (nSPS) is 13.8. The Balaban J connectivity index is 1.84. The van der Waals surface area contributed by atoms with Crippen molar-refractivity contribution in [2.75, 3.05) is 18.5 Å². The van der Waals surface area contributed by atoms with E-state index in [0.29, 0.717) is 30.4 Å². The molecule has 0 aliphatic carbocycles. The zero-order valence-corrected chi connectivity index (χ0v) is 14.6. The van der Waals surface area contributed by atoms with Crippen LogP contribution >= 0.6 is 11.6 Å². The summed E-state index contributed by atoms with van der Waals surface area (Å²) < 4.78 is 34.1. The highest BCUT2D eigenvalue weighted by molar-refractivity contribution is 7.89. The van der Waals surface area contributed by atoms with Crippen molar-refractivity contribution in [3.63, 3.8) is 0 Å². The van der Waals surface area contributed by atoms with Crippen LogP contribution in [0.4, 0.5) is 5.69 Å². The average Bonchev–Trinajstić information content (AvgIpc) is 2.79. The maximum atomic E-state index is 12.4. The van der Waals surface area contributed by atoms with Crippen LogP contribution in [0.1, 0.15) is 16.8 Å². The van der Waals surface area contributed by atoms with Gasteiger partial charge in [-0.25, -0.2) is 13.6 Å². The van der Waals surface area contributed by atoms with Gasteiger partial charge in [0.2, 0.25) is 10.0 Å². The molecule has 0 atom stereocenters. The molecule has 1 amide bonds. The lowest BCUT2D eigenvalue weighted by atomic mass is 10.2. The summed E-state index contributed by atoms with van der Waals surface area (Å²) in [6, 6.07) is 8.88. The van der Waals surface area contributed by atoms with E-state index in [1.165, 1.54) is 12.1 Å². The lowest BCUT2D eigenvalue weighted by Crippen LogP contribution is -2.16. The maximum Gasteiger partial charge on any atom is 0.255 e. The fourth-order valence-corrected chi connectivity index (χ4v) is 3.38. The van der Waals surface area contributed by atoms with Crippen LogP contribution in [0.3, 0.4) is 0 Å². The Kier molecular flexibility index (Phi) is 4.85. The molecule has 3 N–H and O–H groups in total. The van der Waals surface area contributed by atoms with Crippen LogP contribution in [-0.4, -0.2) is 27.5 Å². The number of nitrogens with two attached hydrogens (primary N) is 1. The molecule has 0 bridgehead atoms. The third-order valence-corrected chi connectivity index (χ3v) is 4.90. The number of hydrogen-bond donors (Lipinski definition) is 2. The number of anilines is 1. The molecule has 0 aromatic heterocycles. The molecule has 0 saturated heterocycles. The molecule has 132 valence electrons. The van der Waals surface area contributed by atoms with Crippen molar-refractivity contribution < 1.29 is 22.7 Å². The molecule has 0 unspecified atom stereocenters. The molecule has 0 fully saturated rings. The quantitative estimate of drug-likeness (QED) is 0.847. The van der Waals surface area contributed by atoms with Gasteiger partial charge in [-0.1, -0.05) is 11.6 Å². The van der Waals surface area contributed by atoms with E-state index in [9.17, 15) is 13.2 Å². The first-order valence-corrected chi connectivity index (χ1v) is 9.30. The molecule has 7 nitrogen and oxygen atoms in total. The SMILES string of the molecule is NS(=O)(=O)c1cc(C(=O)Nc2ccc3c(c2)OCCCO3)ccc1Cl. The first-order chi connectivity index (χ1) is 11.8. The minimum Gasteiger partial charge on any atom is -0.490 e. The molecule has 2 aromatic carbocycles. The van der Waals surface area contributed by atoms with Crippen molar-refractivity contribution >= 4 is 33.2 Å². The van der Waals surface area contributed by atoms with Crippen LogP contribution in [0.15, 0.2) is 41.3 Å². The van der Waals surface area contributed by atoms with E-state index in [4.69, 9.17) is 26.2 Å². The number of carbonyl (C=O) groups excluding carboxylic acids is 1. The number of benzene rings is 2. The van der Waals surface area contributed by atoms with E-state index >= 15 is 0 Å². The van der Waals surface area contributed by atoms with Gasteiger partial charge in [-0.3, -0.25) is 4.79 Å². The zero-order valence-electron chi connectivity index (χ0n) is 13.0. The lowest BCUT2D eigenvalue weighted by molar-refractivity contribution is 0.102. The summed E-state index contributed by atoms with van der Waals surface area (Å²) in [5, 5.41) is 7.72. The third-order valence-electron chi connectivity index (χ3n) is 3.51. The van der Waals surface area contributed by atoms with Crippen molar-refractivity contribution in [3.8, 4) is 11.5 Å². The summed E-state index contributed by atoms with van der Waals surface area (Å²) in [6.45, 7) is 1.10. The molecule has 9 heteroatoms. The van der Waals surface area contributed by atoms with Gasteiger partial charge in [0.15, 0.2) is 11.5 Å². The Bertz CT molecular complexity index is 930. The molecule has 3 rings (SSSR count). The van der Waals surface area contributed by atoms with Gasteiger partial charge in [-0.15, -0.1) is 0 Å². The number of carbonyl (C=O) groups is 1. The molecule has 1 heterocycles. The number of nitrogens with one attached hydrogen (secondary N) is 1. The minimum absolute atomic E-state index is 0.0466. The highest BCUT2D eigenvalue weighted by Gasteiger charge is 2.17. The van der Waals surface area contributed by atoms with E-state index in [1.807, 2.05) is 0 Å². The fraction of sp³-hybridized carbons (Fsp3) is 0.188. The highest BCUT2D eigenvalue weighted by Crippen LogP contribution is 2.32. The summed E-state index contributed by atoms with van der Waals surface area (Å²) in [5.74, 6) is 0.645. The molecule has 1 aliphatic heterocycles. The number of ether oxygens (including phenoxy) is 2. The molecule has 0 spiro atoms. The summed E-state index contributed by atoms with van der Waals surface area (Å²) in [4.78, 5) is 12.1. The van der Waals surface area contributed by atoms with Gasteiger partial charge in [0, 0.05) is 23.7 Å². The predicted octanol–water partition coefficient (Wildman–Crippen LogP) is 2.40. The van der Waals surface area contributed by atoms with Gasteiger partial charge >= 0.3 is 0 Å². The van der Waals surface area contributed by atoms with Crippen LogP contribution in [0.2, 0.25) is 5.02 Å². The summed E-state index contributed by atoms with van der Waals surface area (Å²) in [7, 11) is -4.03. The fourth-order valence-electron chi connectivity index (χ4n) is 2.31. The molecule has 0 radical (unpaired) electrons. The number of rotatable bonds is 3. The largest absolute Gasteiger partial charge is 0.490 e. The van der Waals surface area contributed by atoms with Crippen molar-refractivity contribution in [3.05, 3.63) is 47.0 Å². The van der Waals surface area contributed by atoms with Crippen molar-refractivity contribution in [2.45, 2.75) is 11.3 Å². The first kappa shape index (κ1) is 17.5. The van der Waals surface area contributed by atoms with E-state index in [0.717, 1.165) is 12.5 Å². The summed E-state index contributed by atoms with van der Waals surface area (Å²) >= 11 is 5.82. The van der Waals surface area contributed by atoms with Crippen LogP contribution in [0.25, 0.3) is 0 Å². The number of amides is 1. The zero-order chi connectivity index (χ0) is 18.0. The summed E-state index contributed by atoms with van der Waals surface area (Å²) in [5.41, 5.74) is 0.599. The van der Waals surface area contributed by atoms with Gasteiger partial charge in [0.25, 0.3) is 5.91 Å². The van der Waals surface area contributed by atoms with Crippen LogP contribution in [-0.2, 0) is 10.0 Å². The first-order valence-electron chi connectivity index (χ1n) is 7.38. The Labute approximate surface area is 149 Å². The van der Waals surface area contributed by atoms with Gasteiger partial charge in [-0.05, 0) is 30.3 Å². The molecular formula is C16H15ClN2O5S. The molecule has 2 aromatic rings. The second kappa shape index (κ2) is 6.91. The van der Waals surface area contributed by atoms with Crippen molar-refractivity contribution in [1.29, 1.82) is 0 Å².